The molecule has 134 valence electrons. The van der Waals surface area contributed by atoms with Crippen molar-refractivity contribution in [3.8, 4) is 0 Å². The Balaban J connectivity index is 1.84. The fourth-order valence-electron chi connectivity index (χ4n) is 3.16. The van der Waals surface area contributed by atoms with Crippen LogP contribution in [0.1, 0.15) is 37.6 Å². The molecule has 2 aromatic rings. The van der Waals surface area contributed by atoms with Crippen LogP contribution in [0.3, 0.4) is 0 Å². The van der Waals surface area contributed by atoms with Gasteiger partial charge < -0.3 is 10.6 Å². The second-order valence-corrected chi connectivity index (χ2v) is 8.38. The third-order valence-corrected chi connectivity index (χ3v) is 5.19. The van der Waals surface area contributed by atoms with Crippen LogP contribution >= 0.6 is 11.3 Å². The minimum atomic E-state index is -0.236. The van der Waals surface area contributed by atoms with E-state index in [1.807, 2.05) is 33.9 Å². The average Bonchev–Trinajstić information content (AvgIpc) is 3.00. The van der Waals surface area contributed by atoms with Crippen molar-refractivity contribution < 1.29 is 4.79 Å². The van der Waals surface area contributed by atoms with Gasteiger partial charge in [0.25, 0.3) is 0 Å². The monoisotopic (exact) mass is 358 g/mol. The van der Waals surface area contributed by atoms with Crippen molar-refractivity contribution in [2.24, 2.45) is 0 Å². The number of hydrogen-bond donors (Lipinski definition) is 2. The van der Waals surface area contributed by atoms with Gasteiger partial charge in [0.05, 0.1) is 11.7 Å². The lowest BCUT2D eigenvalue weighted by atomic mass is 9.92. The SMILES string of the molecule is CNc1nc(CN2Cc3ccccc3C[C@H]2C(=O)NC(C)(C)C)cs1. The van der Waals surface area contributed by atoms with Crippen LogP contribution in [0.5, 0.6) is 0 Å². The van der Waals surface area contributed by atoms with Crippen LogP contribution in [0.4, 0.5) is 5.13 Å². The molecule has 0 aliphatic carbocycles. The number of nitrogens with zero attached hydrogens (tertiary/aromatic N) is 2. The van der Waals surface area contributed by atoms with E-state index in [-0.39, 0.29) is 17.5 Å². The van der Waals surface area contributed by atoms with Gasteiger partial charge >= 0.3 is 0 Å². The molecule has 1 amide bonds. The summed E-state index contributed by atoms with van der Waals surface area (Å²) in [7, 11) is 1.87. The van der Waals surface area contributed by atoms with E-state index in [2.05, 4.69) is 44.1 Å². The molecule has 1 aliphatic rings. The molecule has 1 aromatic heterocycles. The number of aromatic nitrogens is 1. The molecule has 25 heavy (non-hydrogen) atoms. The second kappa shape index (κ2) is 7.14. The van der Waals surface area contributed by atoms with Gasteiger partial charge in [-0.15, -0.1) is 11.3 Å². The summed E-state index contributed by atoms with van der Waals surface area (Å²) in [5, 5.41) is 9.18. The van der Waals surface area contributed by atoms with Crippen molar-refractivity contribution >= 4 is 22.4 Å². The summed E-state index contributed by atoms with van der Waals surface area (Å²) < 4.78 is 0. The van der Waals surface area contributed by atoms with E-state index in [0.29, 0.717) is 6.54 Å². The van der Waals surface area contributed by atoms with Crippen LogP contribution in [0.25, 0.3) is 0 Å². The van der Waals surface area contributed by atoms with Crippen LogP contribution in [0, 0.1) is 0 Å². The largest absolute Gasteiger partial charge is 0.365 e. The molecular formula is C19H26N4OS. The fourth-order valence-corrected chi connectivity index (χ4v) is 3.82. The van der Waals surface area contributed by atoms with E-state index >= 15 is 0 Å². The maximum Gasteiger partial charge on any atom is 0.238 e. The van der Waals surface area contributed by atoms with Gasteiger partial charge in [0.2, 0.25) is 5.91 Å². The molecule has 5 nitrogen and oxygen atoms in total. The number of carbonyl (C=O) groups is 1. The van der Waals surface area contributed by atoms with Crippen LogP contribution in [-0.2, 0) is 24.3 Å². The zero-order valence-corrected chi connectivity index (χ0v) is 16.1. The molecule has 3 rings (SSSR count). The Hall–Kier alpha value is -1.92. The molecule has 1 atom stereocenters. The summed E-state index contributed by atoms with van der Waals surface area (Å²) >= 11 is 1.59. The first-order chi connectivity index (χ1) is 11.9. The smallest absolute Gasteiger partial charge is 0.238 e. The van der Waals surface area contributed by atoms with Crippen LogP contribution in [0.2, 0.25) is 0 Å². The summed E-state index contributed by atoms with van der Waals surface area (Å²) in [5.74, 6) is 0.0890. The highest BCUT2D eigenvalue weighted by molar-refractivity contribution is 7.13. The van der Waals surface area contributed by atoms with Crippen molar-refractivity contribution in [1.82, 2.24) is 15.2 Å². The number of nitrogens with one attached hydrogen (secondary N) is 2. The number of fused-ring (bicyclic) bond motifs is 1. The molecule has 1 aromatic carbocycles. The van der Waals surface area contributed by atoms with E-state index in [1.165, 1.54) is 11.1 Å². The molecule has 0 bridgehead atoms. The molecule has 2 heterocycles. The van der Waals surface area contributed by atoms with Crippen molar-refractivity contribution in [2.45, 2.75) is 51.9 Å². The topological polar surface area (TPSA) is 57.3 Å². The van der Waals surface area contributed by atoms with Gasteiger partial charge in [-0.1, -0.05) is 24.3 Å². The first kappa shape index (κ1) is 17.9. The third kappa shape index (κ3) is 4.38. The van der Waals surface area contributed by atoms with Crippen molar-refractivity contribution in [3.05, 3.63) is 46.5 Å². The lowest BCUT2D eigenvalue weighted by Gasteiger charge is -2.37. The van der Waals surface area contributed by atoms with E-state index in [0.717, 1.165) is 23.8 Å². The summed E-state index contributed by atoms with van der Waals surface area (Å²) in [6.07, 6.45) is 0.737. The molecule has 0 saturated heterocycles. The number of thiazole rings is 1. The van der Waals surface area contributed by atoms with Crippen molar-refractivity contribution in [1.29, 1.82) is 0 Å². The third-order valence-electron chi connectivity index (χ3n) is 4.28. The highest BCUT2D eigenvalue weighted by Gasteiger charge is 2.33. The Bertz CT molecular complexity index is 750. The number of anilines is 1. The summed E-state index contributed by atoms with van der Waals surface area (Å²) in [6, 6.07) is 8.22. The Morgan fingerprint density at radius 3 is 2.68 bits per heavy atom. The fraction of sp³-hybridized carbons (Fsp3) is 0.474. The Morgan fingerprint density at radius 1 is 1.32 bits per heavy atom. The molecular weight excluding hydrogens is 332 g/mol. The van der Waals surface area contributed by atoms with Crippen LogP contribution < -0.4 is 10.6 Å². The zero-order chi connectivity index (χ0) is 18.0. The number of carbonyl (C=O) groups excluding carboxylic acids is 1. The maximum atomic E-state index is 12.9. The standard InChI is InChI=1S/C19H26N4OS/c1-19(2,3)22-17(24)16-9-13-7-5-6-8-14(13)10-23(16)11-15-12-25-18(20-4)21-15/h5-8,12,16H,9-11H2,1-4H3,(H,20,21)(H,22,24)/t16-/m0/s1. The normalized spacial score (nSPS) is 17.8. The Morgan fingerprint density at radius 2 is 2.04 bits per heavy atom. The highest BCUT2D eigenvalue weighted by Crippen LogP contribution is 2.26. The lowest BCUT2D eigenvalue weighted by molar-refractivity contribution is -0.128. The van der Waals surface area contributed by atoms with Gasteiger partial charge in [-0.2, -0.15) is 0 Å². The minimum absolute atomic E-state index is 0.0890. The number of rotatable bonds is 4. The van der Waals surface area contributed by atoms with E-state index in [4.69, 9.17) is 0 Å². The van der Waals surface area contributed by atoms with Crippen LogP contribution in [0.15, 0.2) is 29.6 Å². The molecule has 0 unspecified atom stereocenters. The van der Waals surface area contributed by atoms with Crippen molar-refractivity contribution in [2.75, 3.05) is 12.4 Å². The number of benzene rings is 1. The molecule has 1 aliphatic heterocycles. The van der Waals surface area contributed by atoms with Gasteiger partial charge in [0.1, 0.15) is 0 Å². The first-order valence-corrected chi connectivity index (χ1v) is 9.49. The number of amides is 1. The van der Waals surface area contributed by atoms with Crippen LogP contribution in [-0.4, -0.2) is 34.4 Å². The Kier molecular flexibility index (Phi) is 5.11. The van der Waals surface area contributed by atoms with E-state index in [1.54, 1.807) is 11.3 Å². The predicted molar refractivity (Wildman–Crippen MR) is 103 cm³/mol. The van der Waals surface area contributed by atoms with E-state index < -0.39 is 0 Å². The zero-order valence-electron chi connectivity index (χ0n) is 15.3. The van der Waals surface area contributed by atoms with Gasteiger partial charge in [-0.25, -0.2) is 4.98 Å². The average molecular weight is 359 g/mol. The molecule has 6 heteroatoms. The molecule has 2 N–H and O–H groups in total. The molecule has 0 saturated carbocycles. The predicted octanol–water partition coefficient (Wildman–Crippen LogP) is 3.03. The Labute approximate surface area is 153 Å². The van der Waals surface area contributed by atoms with E-state index in [9.17, 15) is 4.79 Å². The second-order valence-electron chi connectivity index (χ2n) is 7.53. The maximum absolute atomic E-state index is 12.9. The number of hydrogen-bond acceptors (Lipinski definition) is 5. The van der Waals surface area contributed by atoms with Gasteiger partial charge in [-0.05, 0) is 38.3 Å². The molecule has 0 radical (unpaired) electrons. The quantitative estimate of drug-likeness (QED) is 0.882. The van der Waals surface area contributed by atoms with Gasteiger partial charge in [-0.3, -0.25) is 9.69 Å². The van der Waals surface area contributed by atoms with Gasteiger partial charge in [0.15, 0.2) is 5.13 Å². The molecule has 0 spiro atoms. The summed E-state index contributed by atoms with van der Waals surface area (Å²) in [5.41, 5.74) is 3.33. The summed E-state index contributed by atoms with van der Waals surface area (Å²) in [6.45, 7) is 7.50. The summed E-state index contributed by atoms with van der Waals surface area (Å²) in [4.78, 5) is 19.7. The molecule has 0 fully saturated rings. The van der Waals surface area contributed by atoms with Gasteiger partial charge in [0, 0.05) is 31.1 Å². The minimum Gasteiger partial charge on any atom is -0.365 e. The highest BCUT2D eigenvalue weighted by atomic mass is 32.1. The first-order valence-electron chi connectivity index (χ1n) is 8.61. The van der Waals surface area contributed by atoms with Crippen molar-refractivity contribution in [3.63, 3.8) is 0 Å². The lowest BCUT2D eigenvalue weighted by Crippen LogP contribution is -2.54.